The number of tetrazole rings is 1. The van der Waals surface area contributed by atoms with Gasteiger partial charge in [0.05, 0.1) is 18.4 Å². The van der Waals surface area contributed by atoms with Gasteiger partial charge in [-0.05, 0) is 35.0 Å². The van der Waals surface area contributed by atoms with Gasteiger partial charge in [-0.3, -0.25) is 9.48 Å². The molecule has 0 aliphatic rings. The monoisotopic (exact) mass is 373 g/mol. The number of carbonyl (C=O) groups is 1. The standard InChI is InChI=1S/C20H19N7O/c1-14-5-3-6-15(9-14)12-27-13-18(11-21-27)22-20(28)17-8-4-7-16(10-17)19-23-24-25-26(19)2/h3-11,13H,12H2,1-2H3,(H,22,28). The highest BCUT2D eigenvalue weighted by molar-refractivity contribution is 6.04. The molecular formula is C20H19N7O. The highest BCUT2D eigenvalue weighted by atomic mass is 16.1. The molecule has 0 atom stereocenters. The summed E-state index contributed by atoms with van der Waals surface area (Å²) in [5, 5.41) is 18.6. The summed E-state index contributed by atoms with van der Waals surface area (Å²) in [6.07, 6.45) is 3.46. The largest absolute Gasteiger partial charge is 0.319 e. The van der Waals surface area contributed by atoms with Gasteiger partial charge in [-0.25, -0.2) is 4.68 Å². The van der Waals surface area contributed by atoms with Gasteiger partial charge >= 0.3 is 0 Å². The first-order chi connectivity index (χ1) is 13.6. The van der Waals surface area contributed by atoms with Crippen LogP contribution in [0.25, 0.3) is 11.4 Å². The fourth-order valence-corrected chi connectivity index (χ4v) is 2.99. The summed E-state index contributed by atoms with van der Waals surface area (Å²) in [7, 11) is 1.75. The van der Waals surface area contributed by atoms with Gasteiger partial charge in [0.2, 0.25) is 0 Å². The molecule has 0 saturated carbocycles. The second-order valence-corrected chi connectivity index (χ2v) is 6.58. The van der Waals surface area contributed by atoms with Crippen LogP contribution >= 0.6 is 0 Å². The highest BCUT2D eigenvalue weighted by Crippen LogP contribution is 2.18. The molecule has 8 heteroatoms. The fourth-order valence-electron chi connectivity index (χ4n) is 2.99. The van der Waals surface area contributed by atoms with Gasteiger partial charge in [-0.2, -0.15) is 5.10 Å². The third kappa shape index (κ3) is 3.80. The van der Waals surface area contributed by atoms with Crippen LogP contribution < -0.4 is 5.32 Å². The van der Waals surface area contributed by atoms with E-state index in [4.69, 9.17) is 0 Å². The summed E-state index contributed by atoms with van der Waals surface area (Å²) in [4.78, 5) is 12.6. The minimum atomic E-state index is -0.216. The number of nitrogens with one attached hydrogen (secondary N) is 1. The Morgan fingerprint density at radius 3 is 2.79 bits per heavy atom. The molecule has 1 N–H and O–H groups in total. The van der Waals surface area contributed by atoms with Crippen LogP contribution in [-0.2, 0) is 13.6 Å². The lowest BCUT2D eigenvalue weighted by atomic mass is 10.1. The van der Waals surface area contributed by atoms with E-state index < -0.39 is 0 Å². The van der Waals surface area contributed by atoms with E-state index in [1.54, 1.807) is 40.8 Å². The maximum absolute atomic E-state index is 12.6. The predicted octanol–water partition coefficient (Wildman–Crippen LogP) is 2.68. The third-order valence-electron chi connectivity index (χ3n) is 4.32. The number of rotatable bonds is 5. The van der Waals surface area contributed by atoms with E-state index in [9.17, 15) is 4.79 Å². The van der Waals surface area contributed by atoms with Crippen molar-refractivity contribution in [2.75, 3.05) is 5.32 Å². The molecule has 0 aliphatic heterocycles. The van der Waals surface area contributed by atoms with Crippen LogP contribution in [0, 0.1) is 6.92 Å². The molecule has 28 heavy (non-hydrogen) atoms. The molecule has 2 aromatic heterocycles. The van der Waals surface area contributed by atoms with Gasteiger partial charge < -0.3 is 5.32 Å². The first-order valence-corrected chi connectivity index (χ1v) is 8.80. The maximum atomic E-state index is 12.6. The molecule has 140 valence electrons. The second-order valence-electron chi connectivity index (χ2n) is 6.58. The summed E-state index contributed by atoms with van der Waals surface area (Å²) in [5.74, 6) is 0.382. The fraction of sp³-hybridized carbons (Fsp3) is 0.150. The van der Waals surface area contributed by atoms with Crippen molar-refractivity contribution in [2.24, 2.45) is 7.05 Å². The van der Waals surface area contributed by atoms with Crippen molar-refractivity contribution in [1.29, 1.82) is 0 Å². The summed E-state index contributed by atoms with van der Waals surface area (Å²) in [6.45, 7) is 2.70. The topological polar surface area (TPSA) is 90.5 Å². The van der Waals surface area contributed by atoms with Crippen molar-refractivity contribution in [3.63, 3.8) is 0 Å². The Balaban J connectivity index is 1.47. The van der Waals surface area contributed by atoms with E-state index in [1.165, 1.54) is 5.56 Å². The number of hydrogen-bond donors (Lipinski definition) is 1. The number of benzene rings is 2. The quantitative estimate of drug-likeness (QED) is 0.581. The Bertz CT molecular complexity index is 1130. The molecule has 4 aromatic rings. The number of aromatic nitrogens is 6. The molecular weight excluding hydrogens is 354 g/mol. The Labute approximate surface area is 161 Å². The number of nitrogens with zero attached hydrogens (tertiary/aromatic N) is 6. The molecule has 8 nitrogen and oxygen atoms in total. The van der Waals surface area contributed by atoms with E-state index in [-0.39, 0.29) is 5.91 Å². The molecule has 0 saturated heterocycles. The van der Waals surface area contributed by atoms with E-state index in [1.807, 2.05) is 18.3 Å². The van der Waals surface area contributed by atoms with Crippen LogP contribution in [-0.4, -0.2) is 35.9 Å². The van der Waals surface area contributed by atoms with Crippen LogP contribution in [0.15, 0.2) is 60.9 Å². The van der Waals surface area contributed by atoms with Crippen LogP contribution in [0.1, 0.15) is 21.5 Å². The van der Waals surface area contributed by atoms with Gasteiger partial charge in [0.25, 0.3) is 5.91 Å². The van der Waals surface area contributed by atoms with Crippen molar-refractivity contribution >= 4 is 11.6 Å². The Morgan fingerprint density at radius 1 is 1.14 bits per heavy atom. The smallest absolute Gasteiger partial charge is 0.255 e. The van der Waals surface area contributed by atoms with Crippen LogP contribution in [0.2, 0.25) is 0 Å². The number of carbonyl (C=O) groups excluding carboxylic acids is 1. The molecule has 1 amide bonds. The summed E-state index contributed by atoms with van der Waals surface area (Å²) < 4.78 is 3.36. The number of aryl methyl sites for hydroxylation is 2. The van der Waals surface area contributed by atoms with Crippen molar-refractivity contribution in [3.05, 3.63) is 77.6 Å². The third-order valence-corrected chi connectivity index (χ3v) is 4.32. The normalized spacial score (nSPS) is 10.8. The van der Waals surface area contributed by atoms with Crippen LogP contribution in [0.4, 0.5) is 5.69 Å². The SMILES string of the molecule is Cc1cccc(Cn2cc(NC(=O)c3cccc(-c4nnnn4C)c3)cn2)c1. The molecule has 0 unspecified atom stereocenters. The minimum absolute atomic E-state index is 0.216. The molecule has 2 aromatic carbocycles. The Hall–Kier alpha value is -3.81. The summed E-state index contributed by atoms with van der Waals surface area (Å²) >= 11 is 0. The minimum Gasteiger partial charge on any atom is -0.319 e. The Morgan fingerprint density at radius 2 is 2.00 bits per heavy atom. The zero-order chi connectivity index (χ0) is 19.5. The summed E-state index contributed by atoms with van der Waals surface area (Å²) in [5.41, 5.74) is 4.30. The van der Waals surface area contributed by atoms with Gasteiger partial charge in [0, 0.05) is 24.4 Å². The first-order valence-electron chi connectivity index (χ1n) is 8.80. The van der Waals surface area contributed by atoms with Gasteiger partial charge in [-0.15, -0.1) is 5.10 Å². The van der Waals surface area contributed by atoms with Crippen molar-refractivity contribution in [1.82, 2.24) is 30.0 Å². The zero-order valence-electron chi connectivity index (χ0n) is 15.6. The highest BCUT2D eigenvalue weighted by Gasteiger charge is 2.12. The molecule has 4 rings (SSSR count). The lowest BCUT2D eigenvalue weighted by molar-refractivity contribution is 0.102. The average Bonchev–Trinajstić information content (AvgIpc) is 3.30. The van der Waals surface area contributed by atoms with E-state index >= 15 is 0 Å². The molecule has 0 spiro atoms. The average molecular weight is 373 g/mol. The number of amides is 1. The zero-order valence-corrected chi connectivity index (χ0v) is 15.6. The maximum Gasteiger partial charge on any atom is 0.255 e. The molecule has 2 heterocycles. The number of anilines is 1. The van der Waals surface area contributed by atoms with Crippen molar-refractivity contribution in [2.45, 2.75) is 13.5 Å². The van der Waals surface area contributed by atoms with Crippen LogP contribution in [0.5, 0.6) is 0 Å². The molecule has 0 fully saturated rings. The van der Waals surface area contributed by atoms with E-state index in [0.29, 0.717) is 23.6 Å². The number of hydrogen-bond acceptors (Lipinski definition) is 5. The molecule has 0 radical (unpaired) electrons. The molecule has 0 aliphatic carbocycles. The van der Waals surface area contributed by atoms with Gasteiger partial charge in [0.15, 0.2) is 5.82 Å². The Kier molecular flexibility index (Phi) is 4.67. The lowest BCUT2D eigenvalue weighted by Gasteiger charge is -2.05. The van der Waals surface area contributed by atoms with Gasteiger partial charge in [-0.1, -0.05) is 42.0 Å². The second kappa shape index (κ2) is 7.43. The predicted molar refractivity (Wildman–Crippen MR) is 105 cm³/mol. The van der Waals surface area contributed by atoms with E-state index in [2.05, 4.69) is 51.1 Å². The van der Waals surface area contributed by atoms with Crippen molar-refractivity contribution in [3.8, 4) is 11.4 Å². The van der Waals surface area contributed by atoms with Crippen LogP contribution in [0.3, 0.4) is 0 Å². The summed E-state index contributed by atoms with van der Waals surface area (Å²) in [6, 6.07) is 15.4. The molecule has 0 bridgehead atoms. The van der Waals surface area contributed by atoms with E-state index in [0.717, 1.165) is 11.1 Å². The van der Waals surface area contributed by atoms with Gasteiger partial charge in [0.1, 0.15) is 0 Å². The van der Waals surface area contributed by atoms with Crippen molar-refractivity contribution < 1.29 is 4.79 Å². The first kappa shape index (κ1) is 17.6. The lowest BCUT2D eigenvalue weighted by Crippen LogP contribution is -2.11.